The molecule has 37 heavy (non-hydrogen) atoms. The van der Waals surface area contributed by atoms with Gasteiger partial charge in [-0.3, -0.25) is 9.71 Å². The average molecular weight is 530 g/mol. The number of pyridine rings is 2. The van der Waals surface area contributed by atoms with Crippen LogP contribution in [0.1, 0.15) is 16.8 Å². The van der Waals surface area contributed by atoms with Gasteiger partial charge in [-0.2, -0.15) is 13.2 Å². The number of sulfonamides is 1. The van der Waals surface area contributed by atoms with Gasteiger partial charge in [-0.05, 0) is 53.6 Å². The van der Waals surface area contributed by atoms with E-state index in [1.54, 1.807) is 60.8 Å². The summed E-state index contributed by atoms with van der Waals surface area (Å²) in [6.45, 7) is 0.0251. The van der Waals surface area contributed by atoms with Gasteiger partial charge in [-0.1, -0.05) is 30.3 Å². The number of hydrogen-bond acceptors (Lipinski definition) is 6. The minimum Gasteiger partial charge on any atom is -0.489 e. The Labute approximate surface area is 212 Å². The largest absolute Gasteiger partial charge is 0.489 e. The molecule has 0 saturated carbocycles. The number of rotatable bonds is 9. The molecule has 1 N–H and O–H groups in total. The summed E-state index contributed by atoms with van der Waals surface area (Å²) in [5.74, 6) is 0.500. The second kappa shape index (κ2) is 10.9. The van der Waals surface area contributed by atoms with E-state index in [1.165, 1.54) is 12.3 Å². The Morgan fingerprint density at radius 1 is 0.865 bits per heavy atom. The molecular weight excluding hydrogens is 507 g/mol. The lowest BCUT2D eigenvalue weighted by molar-refractivity contribution is -0.137. The van der Waals surface area contributed by atoms with Gasteiger partial charge in [0.05, 0.1) is 17.5 Å². The lowest BCUT2D eigenvalue weighted by atomic mass is 10.1. The van der Waals surface area contributed by atoms with Crippen LogP contribution in [-0.2, 0) is 29.4 Å². The minimum atomic E-state index is -4.44. The Kier molecular flexibility index (Phi) is 7.63. The number of aromatic nitrogens is 2. The number of ether oxygens (including phenoxy) is 2. The highest BCUT2D eigenvalue weighted by Crippen LogP contribution is 2.32. The van der Waals surface area contributed by atoms with Crippen LogP contribution in [0.2, 0.25) is 0 Å². The second-order valence-corrected chi connectivity index (χ2v) is 9.82. The highest BCUT2D eigenvalue weighted by Gasteiger charge is 2.30. The molecule has 2 heterocycles. The molecule has 0 radical (unpaired) electrons. The molecule has 0 spiro atoms. The first kappa shape index (κ1) is 26.0. The van der Waals surface area contributed by atoms with Gasteiger partial charge in [0.1, 0.15) is 24.7 Å². The highest BCUT2D eigenvalue weighted by molar-refractivity contribution is 7.92. The summed E-state index contributed by atoms with van der Waals surface area (Å²) in [7, 11) is -3.63. The Morgan fingerprint density at radius 3 is 2.41 bits per heavy atom. The van der Waals surface area contributed by atoms with Gasteiger partial charge in [-0.25, -0.2) is 13.4 Å². The van der Waals surface area contributed by atoms with Gasteiger partial charge < -0.3 is 9.47 Å². The van der Waals surface area contributed by atoms with E-state index < -0.39 is 21.8 Å². The van der Waals surface area contributed by atoms with Crippen molar-refractivity contribution in [3.05, 3.63) is 102 Å². The molecule has 4 rings (SSSR count). The first-order chi connectivity index (χ1) is 17.6. The van der Waals surface area contributed by atoms with Crippen molar-refractivity contribution in [3.63, 3.8) is 0 Å². The molecule has 2 aromatic heterocycles. The minimum absolute atomic E-state index is 0.0627. The van der Waals surface area contributed by atoms with Gasteiger partial charge in [0, 0.05) is 18.0 Å². The van der Waals surface area contributed by atoms with Crippen LogP contribution in [0.3, 0.4) is 0 Å². The SMILES string of the molecule is CS(=O)(=O)Nc1cc(-c2cccc(OCc3cccc(C(F)(F)F)c3)c2)cnc1OCc1ccccn1. The van der Waals surface area contributed by atoms with Crippen LogP contribution >= 0.6 is 0 Å². The van der Waals surface area contributed by atoms with Crippen LogP contribution < -0.4 is 14.2 Å². The number of anilines is 1. The van der Waals surface area contributed by atoms with Gasteiger partial charge in [0.2, 0.25) is 15.9 Å². The predicted octanol–water partition coefficient (Wildman–Crippen LogP) is 5.69. The van der Waals surface area contributed by atoms with Crippen LogP contribution in [0.25, 0.3) is 11.1 Å². The summed E-state index contributed by atoms with van der Waals surface area (Å²) < 4.78 is 76.6. The standard InChI is InChI=1S/C26H22F3N3O4S/c1-37(33,34)32-24-14-20(15-31-25(24)36-17-22-9-2-3-11-30-22)19-7-5-10-23(13-19)35-16-18-6-4-8-21(12-18)26(27,28)29/h2-15,32H,16-17H2,1H3. The highest BCUT2D eigenvalue weighted by atomic mass is 32.2. The van der Waals surface area contributed by atoms with Crippen LogP contribution in [0.15, 0.2) is 85.2 Å². The summed E-state index contributed by atoms with van der Waals surface area (Å²) >= 11 is 0. The molecule has 4 aromatic rings. The number of nitrogens with one attached hydrogen (secondary N) is 1. The topological polar surface area (TPSA) is 90.4 Å². The van der Waals surface area contributed by atoms with E-state index in [0.717, 1.165) is 18.4 Å². The summed E-state index contributed by atoms with van der Waals surface area (Å²) in [4.78, 5) is 8.45. The van der Waals surface area contributed by atoms with Crippen molar-refractivity contribution in [3.8, 4) is 22.8 Å². The number of nitrogens with zero attached hydrogens (tertiary/aromatic N) is 2. The normalized spacial score (nSPS) is 11.7. The monoisotopic (exact) mass is 529 g/mol. The summed E-state index contributed by atoms with van der Waals surface area (Å²) in [6, 6.07) is 18.7. The van der Waals surface area contributed by atoms with E-state index >= 15 is 0 Å². The maximum Gasteiger partial charge on any atom is 0.416 e. The zero-order valence-corrected chi connectivity index (χ0v) is 20.4. The molecule has 0 fully saturated rings. The van der Waals surface area contributed by atoms with Crippen molar-refractivity contribution in [2.24, 2.45) is 0 Å². The van der Waals surface area contributed by atoms with Crippen molar-refractivity contribution < 1.29 is 31.1 Å². The zero-order chi connectivity index (χ0) is 26.5. The maximum absolute atomic E-state index is 13.0. The van der Waals surface area contributed by atoms with Crippen LogP contribution in [0.4, 0.5) is 18.9 Å². The van der Waals surface area contributed by atoms with Crippen LogP contribution in [0.5, 0.6) is 11.6 Å². The lowest BCUT2D eigenvalue weighted by Crippen LogP contribution is -2.12. The quantitative estimate of drug-likeness (QED) is 0.300. The third-order valence-electron chi connectivity index (χ3n) is 5.06. The van der Waals surface area contributed by atoms with Crippen molar-refractivity contribution in [1.29, 1.82) is 0 Å². The first-order valence-electron chi connectivity index (χ1n) is 11.0. The van der Waals surface area contributed by atoms with E-state index in [0.29, 0.717) is 28.1 Å². The number of benzene rings is 2. The molecule has 0 saturated heterocycles. The van der Waals surface area contributed by atoms with Crippen molar-refractivity contribution in [2.45, 2.75) is 19.4 Å². The molecule has 0 aliphatic rings. The molecule has 0 aliphatic carbocycles. The molecule has 11 heteroatoms. The lowest BCUT2D eigenvalue weighted by Gasteiger charge is -2.14. The molecule has 2 aromatic carbocycles. The molecule has 0 amide bonds. The molecule has 0 aliphatic heterocycles. The maximum atomic E-state index is 13.0. The zero-order valence-electron chi connectivity index (χ0n) is 19.6. The molecule has 0 atom stereocenters. The van der Waals surface area contributed by atoms with Gasteiger partial charge >= 0.3 is 6.18 Å². The summed E-state index contributed by atoms with van der Waals surface area (Å²) in [6.07, 6.45) is -0.279. The Bertz CT molecular complexity index is 1480. The third-order valence-corrected chi connectivity index (χ3v) is 5.65. The third kappa shape index (κ3) is 7.43. The summed E-state index contributed by atoms with van der Waals surface area (Å²) in [5.41, 5.74) is 1.64. The van der Waals surface area contributed by atoms with Crippen LogP contribution in [-0.4, -0.2) is 24.6 Å². The van der Waals surface area contributed by atoms with E-state index in [1.807, 2.05) is 0 Å². The van der Waals surface area contributed by atoms with E-state index in [2.05, 4.69) is 14.7 Å². The van der Waals surface area contributed by atoms with Gasteiger partial charge in [0.25, 0.3) is 0 Å². The summed E-state index contributed by atoms with van der Waals surface area (Å²) in [5, 5.41) is 0. The Balaban J connectivity index is 1.54. The van der Waals surface area contributed by atoms with Gasteiger partial charge in [-0.15, -0.1) is 0 Å². The van der Waals surface area contributed by atoms with Gasteiger partial charge in [0.15, 0.2) is 0 Å². The first-order valence-corrected chi connectivity index (χ1v) is 12.9. The molecule has 0 unspecified atom stereocenters. The molecule has 7 nitrogen and oxygen atoms in total. The number of hydrogen-bond donors (Lipinski definition) is 1. The van der Waals surface area contributed by atoms with Crippen molar-refractivity contribution in [2.75, 3.05) is 11.0 Å². The molecule has 0 bridgehead atoms. The Hall–Kier alpha value is -4.12. The predicted molar refractivity (Wildman–Crippen MR) is 132 cm³/mol. The number of alkyl halides is 3. The fourth-order valence-electron chi connectivity index (χ4n) is 3.39. The van der Waals surface area contributed by atoms with E-state index in [4.69, 9.17) is 9.47 Å². The fourth-order valence-corrected chi connectivity index (χ4v) is 3.94. The van der Waals surface area contributed by atoms with Crippen LogP contribution in [0, 0.1) is 0 Å². The van der Waals surface area contributed by atoms with Crippen molar-refractivity contribution in [1.82, 2.24) is 9.97 Å². The average Bonchev–Trinajstić information content (AvgIpc) is 2.86. The van der Waals surface area contributed by atoms with E-state index in [-0.39, 0.29) is 24.8 Å². The fraction of sp³-hybridized carbons (Fsp3) is 0.154. The van der Waals surface area contributed by atoms with Crippen molar-refractivity contribution >= 4 is 15.7 Å². The smallest absolute Gasteiger partial charge is 0.416 e. The molecule has 192 valence electrons. The van der Waals surface area contributed by atoms with E-state index in [9.17, 15) is 21.6 Å². The number of halogens is 3. The molecular formula is C26H22F3N3O4S. The Morgan fingerprint density at radius 2 is 1.68 bits per heavy atom. The second-order valence-electron chi connectivity index (χ2n) is 8.08.